The molecule has 0 aromatic rings. The zero-order valence-corrected chi connectivity index (χ0v) is 22.5. The highest BCUT2D eigenvalue weighted by Crippen LogP contribution is 2.23. The Morgan fingerprint density at radius 2 is 1.18 bits per heavy atom. The molecule has 0 aromatic heterocycles. The Hall–Kier alpha value is -1.12. The average molecular weight is 462 g/mol. The lowest BCUT2D eigenvalue weighted by Gasteiger charge is -2.28. The Morgan fingerprint density at radius 1 is 0.727 bits per heavy atom. The Labute approximate surface area is 206 Å². The summed E-state index contributed by atoms with van der Waals surface area (Å²) in [6.45, 7) is 7.22. The second kappa shape index (κ2) is 20.3. The molecule has 0 N–H and O–H groups in total. The first-order chi connectivity index (χ1) is 16.1. The second-order valence-corrected chi connectivity index (χ2v) is 10.4. The van der Waals surface area contributed by atoms with Crippen LogP contribution in [0.1, 0.15) is 156 Å². The number of Topliss-reactive ketones (excluding diaryl/α,β-unsaturated/α-hetero) is 1. The monoisotopic (exact) mass is 461 g/mol. The molecule has 1 atom stereocenters. The molecule has 3 heteroatoms. The van der Waals surface area contributed by atoms with Crippen molar-refractivity contribution < 1.29 is 9.59 Å². The van der Waals surface area contributed by atoms with Crippen LogP contribution in [-0.4, -0.2) is 29.2 Å². The summed E-state index contributed by atoms with van der Waals surface area (Å²) in [5.74, 6) is -0.457. The molecule has 3 nitrogen and oxygen atoms in total. The molecule has 1 unspecified atom stereocenters. The lowest BCUT2D eigenvalue weighted by atomic mass is 9.98. The van der Waals surface area contributed by atoms with Crippen LogP contribution in [0.2, 0.25) is 0 Å². The number of ketones is 1. The van der Waals surface area contributed by atoms with Crippen LogP contribution in [-0.2, 0) is 9.59 Å². The molecule has 1 aliphatic heterocycles. The third-order valence-electron chi connectivity index (χ3n) is 7.32. The van der Waals surface area contributed by atoms with Crippen LogP contribution in [0.4, 0.5) is 0 Å². The molecule has 0 aliphatic carbocycles. The van der Waals surface area contributed by atoms with E-state index in [0.29, 0.717) is 13.0 Å². The summed E-state index contributed by atoms with van der Waals surface area (Å²) < 4.78 is 0. The smallest absolute Gasteiger partial charge is 0.290 e. The number of likely N-dealkylation sites (tertiary alicyclic amines) is 1. The van der Waals surface area contributed by atoms with Gasteiger partial charge in [0, 0.05) is 13.0 Å². The van der Waals surface area contributed by atoms with Gasteiger partial charge in [0.25, 0.3) is 5.91 Å². The first-order valence-electron chi connectivity index (χ1n) is 14.6. The maximum Gasteiger partial charge on any atom is 0.290 e. The molecule has 0 bridgehead atoms. The first-order valence-corrected chi connectivity index (χ1v) is 14.6. The Kier molecular flexibility index (Phi) is 18.4. The minimum Gasteiger partial charge on any atom is -0.329 e. The fourth-order valence-electron chi connectivity index (χ4n) is 5.09. The van der Waals surface area contributed by atoms with Gasteiger partial charge in [0.15, 0.2) is 0 Å². The highest BCUT2D eigenvalue weighted by molar-refractivity contribution is 6.38. The minimum absolute atomic E-state index is 0.131. The number of carbonyl (C=O) groups excluding carboxylic acids is 2. The zero-order chi connectivity index (χ0) is 24.2. The molecule has 0 spiro atoms. The quantitative estimate of drug-likeness (QED) is 0.0916. The highest BCUT2D eigenvalue weighted by atomic mass is 16.2. The van der Waals surface area contributed by atoms with Crippen molar-refractivity contribution in [3.05, 3.63) is 11.6 Å². The molecule has 1 saturated heterocycles. The molecule has 1 heterocycles. The molecule has 33 heavy (non-hydrogen) atoms. The lowest BCUT2D eigenvalue weighted by molar-refractivity contribution is -0.140. The Balaban J connectivity index is 2.03. The van der Waals surface area contributed by atoms with Gasteiger partial charge < -0.3 is 4.90 Å². The molecule has 1 amide bonds. The normalized spacial score (nSPS) is 15.6. The van der Waals surface area contributed by atoms with E-state index in [1.54, 1.807) is 0 Å². The summed E-state index contributed by atoms with van der Waals surface area (Å²) >= 11 is 0. The van der Waals surface area contributed by atoms with Gasteiger partial charge in [0.05, 0.1) is 6.04 Å². The molecule has 192 valence electrons. The SMILES string of the molecule is CCCC=C(C)C(CCCCCCCCCCCCCCCCCCC)N1CCC(=O)C1=O. The maximum absolute atomic E-state index is 12.3. The van der Waals surface area contributed by atoms with E-state index in [0.717, 1.165) is 25.7 Å². The van der Waals surface area contributed by atoms with Gasteiger partial charge in [0.1, 0.15) is 0 Å². The van der Waals surface area contributed by atoms with Crippen LogP contribution in [0.5, 0.6) is 0 Å². The summed E-state index contributed by atoms with van der Waals surface area (Å²) in [6, 6.07) is 0.131. The van der Waals surface area contributed by atoms with Gasteiger partial charge in [-0.2, -0.15) is 0 Å². The number of hydrogen-bond donors (Lipinski definition) is 0. The van der Waals surface area contributed by atoms with Crippen molar-refractivity contribution in [2.45, 2.75) is 162 Å². The van der Waals surface area contributed by atoms with E-state index in [4.69, 9.17) is 0 Å². The molecular weight excluding hydrogens is 406 g/mol. The van der Waals surface area contributed by atoms with E-state index < -0.39 is 0 Å². The van der Waals surface area contributed by atoms with Gasteiger partial charge in [-0.3, -0.25) is 9.59 Å². The van der Waals surface area contributed by atoms with Gasteiger partial charge in [0.2, 0.25) is 5.78 Å². The Morgan fingerprint density at radius 3 is 1.58 bits per heavy atom. The topological polar surface area (TPSA) is 37.4 Å². The van der Waals surface area contributed by atoms with E-state index in [9.17, 15) is 9.59 Å². The number of unbranched alkanes of at least 4 members (excludes halogenated alkanes) is 17. The third kappa shape index (κ3) is 14.0. The van der Waals surface area contributed by atoms with Crippen LogP contribution in [0, 0.1) is 0 Å². The molecule has 0 radical (unpaired) electrons. The number of rotatable bonds is 22. The van der Waals surface area contributed by atoms with Crippen molar-refractivity contribution in [1.82, 2.24) is 4.90 Å². The first kappa shape index (κ1) is 29.9. The summed E-state index contributed by atoms with van der Waals surface area (Å²) in [5, 5.41) is 0. The fourth-order valence-corrected chi connectivity index (χ4v) is 5.09. The molecule has 0 saturated carbocycles. The van der Waals surface area contributed by atoms with Crippen molar-refractivity contribution in [2.24, 2.45) is 0 Å². The summed E-state index contributed by atoms with van der Waals surface area (Å²) in [5.41, 5.74) is 1.27. The van der Waals surface area contributed by atoms with E-state index in [2.05, 4.69) is 26.8 Å². The second-order valence-electron chi connectivity index (χ2n) is 10.4. The zero-order valence-electron chi connectivity index (χ0n) is 22.5. The van der Waals surface area contributed by atoms with Crippen LogP contribution >= 0.6 is 0 Å². The number of nitrogens with zero attached hydrogens (tertiary/aromatic N) is 1. The molecule has 0 aromatic carbocycles. The predicted molar refractivity (Wildman–Crippen MR) is 143 cm³/mol. The van der Waals surface area contributed by atoms with Crippen molar-refractivity contribution in [3.63, 3.8) is 0 Å². The van der Waals surface area contributed by atoms with Gasteiger partial charge in [-0.05, 0) is 19.8 Å². The van der Waals surface area contributed by atoms with Crippen LogP contribution in [0.25, 0.3) is 0 Å². The maximum atomic E-state index is 12.3. The number of carbonyl (C=O) groups is 2. The number of allylic oxidation sites excluding steroid dienone is 1. The lowest BCUT2D eigenvalue weighted by Crippen LogP contribution is -2.38. The van der Waals surface area contributed by atoms with Crippen LogP contribution in [0.15, 0.2) is 11.6 Å². The molecule has 1 aliphatic rings. The van der Waals surface area contributed by atoms with Crippen molar-refractivity contribution in [3.8, 4) is 0 Å². The summed E-state index contributed by atoms with van der Waals surface area (Å²) in [6.07, 6.45) is 29.3. The molecule has 1 rings (SSSR count). The average Bonchev–Trinajstić information content (AvgIpc) is 3.14. The van der Waals surface area contributed by atoms with E-state index in [-0.39, 0.29) is 17.7 Å². The van der Waals surface area contributed by atoms with Gasteiger partial charge >= 0.3 is 0 Å². The van der Waals surface area contributed by atoms with Crippen molar-refractivity contribution in [1.29, 1.82) is 0 Å². The van der Waals surface area contributed by atoms with E-state index in [1.807, 2.05) is 4.90 Å². The predicted octanol–water partition coefficient (Wildman–Crippen LogP) is 8.94. The van der Waals surface area contributed by atoms with Crippen LogP contribution in [0.3, 0.4) is 0 Å². The molecule has 1 fully saturated rings. The van der Waals surface area contributed by atoms with Gasteiger partial charge in [-0.15, -0.1) is 0 Å². The highest BCUT2D eigenvalue weighted by Gasteiger charge is 2.34. The number of amides is 1. The summed E-state index contributed by atoms with van der Waals surface area (Å²) in [4.78, 5) is 25.8. The number of hydrogen-bond acceptors (Lipinski definition) is 2. The fraction of sp³-hybridized carbons (Fsp3) is 0.867. The minimum atomic E-state index is -0.253. The molecular formula is C30H55NO2. The van der Waals surface area contributed by atoms with Crippen LogP contribution < -0.4 is 0 Å². The van der Waals surface area contributed by atoms with E-state index >= 15 is 0 Å². The third-order valence-corrected chi connectivity index (χ3v) is 7.32. The van der Waals surface area contributed by atoms with Gasteiger partial charge in [-0.1, -0.05) is 141 Å². The Bertz CT molecular complexity index is 539. The standard InChI is InChI=1S/C30H55NO2/c1-4-6-8-9-10-11-12-13-14-15-16-17-18-19-20-21-22-24-28(27(3)23-7-5-2)31-26-25-29(32)30(31)33/h23,28H,4-22,24-26H2,1-3H3. The summed E-state index contributed by atoms with van der Waals surface area (Å²) in [7, 11) is 0. The van der Waals surface area contributed by atoms with Crippen molar-refractivity contribution in [2.75, 3.05) is 6.54 Å². The van der Waals surface area contributed by atoms with E-state index in [1.165, 1.54) is 108 Å². The van der Waals surface area contributed by atoms with Crippen molar-refractivity contribution >= 4 is 11.7 Å². The largest absolute Gasteiger partial charge is 0.329 e. The van der Waals surface area contributed by atoms with Gasteiger partial charge in [-0.25, -0.2) is 0 Å².